The van der Waals surface area contributed by atoms with Crippen LogP contribution in [-0.4, -0.2) is 34.9 Å². The molecule has 3 heterocycles. The van der Waals surface area contributed by atoms with Crippen molar-refractivity contribution in [3.05, 3.63) is 219 Å². The largest absolute Gasteiger partial charge is 0.416 e. The Hall–Kier alpha value is -7.34. The molecule has 0 aliphatic rings. The zero-order chi connectivity index (χ0) is 43.5. The van der Waals surface area contributed by atoms with E-state index in [0.29, 0.717) is 54.9 Å². The summed E-state index contributed by atoms with van der Waals surface area (Å²) in [6, 6.07) is 41.7. The summed E-state index contributed by atoms with van der Waals surface area (Å²) < 4.78 is 38.6. The van der Waals surface area contributed by atoms with Gasteiger partial charge in [-0.1, -0.05) is 119 Å². The minimum atomic E-state index is -4.38. The van der Waals surface area contributed by atoms with E-state index in [2.05, 4.69) is 115 Å². The molecule has 9 nitrogen and oxygen atoms in total. The van der Waals surface area contributed by atoms with E-state index >= 15 is 0 Å². The van der Waals surface area contributed by atoms with Gasteiger partial charge in [0.25, 0.3) is 0 Å². The summed E-state index contributed by atoms with van der Waals surface area (Å²) in [4.78, 5) is 31.9. The lowest BCUT2D eigenvalue weighted by Gasteiger charge is -2.11. The van der Waals surface area contributed by atoms with Gasteiger partial charge in [0.05, 0.1) is 17.4 Å². The first-order valence-corrected chi connectivity index (χ1v) is 20.2. The van der Waals surface area contributed by atoms with Crippen LogP contribution < -0.4 is 10.6 Å². The van der Waals surface area contributed by atoms with E-state index in [1.807, 2.05) is 62.4 Å². The molecule has 5 aromatic carbocycles. The van der Waals surface area contributed by atoms with E-state index in [1.165, 1.54) is 34.4 Å². The first-order valence-electron chi connectivity index (χ1n) is 20.2. The second kappa shape index (κ2) is 19.8. The summed E-state index contributed by atoms with van der Waals surface area (Å²) in [5, 5.41) is 6.28. The van der Waals surface area contributed by atoms with E-state index < -0.39 is 11.7 Å². The molecule has 0 saturated carbocycles. The van der Waals surface area contributed by atoms with Gasteiger partial charge < -0.3 is 10.6 Å². The molecule has 0 aliphatic heterocycles. The predicted molar refractivity (Wildman–Crippen MR) is 238 cm³/mol. The Morgan fingerprint density at radius 2 is 0.790 bits per heavy atom. The lowest BCUT2D eigenvalue weighted by Crippen LogP contribution is -2.09. The number of hydrogen-bond acceptors (Lipinski definition) is 9. The molecule has 12 heteroatoms. The molecule has 0 bridgehead atoms. The Morgan fingerprint density at radius 1 is 0.419 bits per heavy atom. The van der Waals surface area contributed by atoms with E-state index in [0.717, 1.165) is 51.7 Å². The zero-order valence-electron chi connectivity index (χ0n) is 34.9. The van der Waals surface area contributed by atoms with Gasteiger partial charge >= 0.3 is 6.18 Å². The highest BCUT2D eigenvalue weighted by Gasteiger charge is 2.30. The predicted octanol–water partition coefficient (Wildman–Crippen LogP) is 11.2. The van der Waals surface area contributed by atoms with Crippen LogP contribution in [0.5, 0.6) is 0 Å². The van der Waals surface area contributed by atoms with Crippen LogP contribution >= 0.6 is 0 Å². The molecule has 0 aliphatic carbocycles. The van der Waals surface area contributed by atoms with Crippen molar-refractivity contribution < 1.29 is 13.2 Å². The van der Waals surface area contributed by atoms with Crippen LogP contribution in [0.2, 0.25) is 0 Å². The van der Waals surface area contributed by atoms with Crippen LogP contribution in [0.3, 0.4) is 0 Å². The summed E-state index contributed by atoms with van der Waals surface area (Å²) in [7, 11) is 0. The molecule has 2 N–H and O–H groups in total. The van der Waals surface area contributed by atoms with Gasteiger partial charge in [-0.3, -0.25) is 4.98 Å². The Kier molecular flexibility index (Phi) is 13.7. The van der Waals surface area contributed by atoms with Crippen molar-refractivity contribution in [2.45, 2.75) is 59.6 Å². The number of pyridine rings is 1. The maximum atomic E-state index is 12.9. The van der Waals surface area contributed by atoms with Gasteiger partial charge in [-0.15, -0.1) is 0 Å². The molecule has 62 heavy (non-hydrogen) atoms. The van der Waals surface area contributed by atoms with Crippen molar-refractivity contribution >= 4 is 23.3 Å². The van der Waals surface area contributed by atoms with Gasteiger partial charge in [0.15, 0.2) is 0 Å². The van der Waals surface area contributed by atoms with Crippen molar-refractivity contribution in [2.24, 2.45) is 0 Å². The maximum absolute atomic E-state index is 12.9. The van der Waals surface area contributed by atoms with E-state index in [9.17, 15) is 13.2 Å². The van der Waals surface area contributed by atoms with Crippen LogP contribution in [0.15, 0.2) is 146 Å². The third kappa shape index (κ3) is 12.8. The van der Waals surface area contributed by atoms with Crippen molar-refractivity contribution in [3.8, 4) is 0 Å². The van der Waals surface area contributed by atoms with Crippen LogP contribution in [-0.2, 0) is 31.9 Å². The third-order valence-electron chi connectivity index (χ3n) is 9.62. The fraction of sp³-hybridized carbons (Fsp3) is 0.180. The van der Waals surface area contributed by atoms with Gasteiger partial charge in [-0.05, 0) is 86.3 Å². The van der Waals surface area contributed by atoms with Gasteiger partial charge in [-0.25, -0.2) is 9.97 Å². The normalized spacial score (nSPS) is 11.1. The number of aryl methyl sites for hydroxylation is 4. The van der Waals surface area contributed by atoms with Crippen LogP contribution in [0.1, 0.15) is 73.4 Å². The van der Waals surface area contributed by atoms with Gasteiger partial charge in [0.2, 0.25) is 11.9 Å². The molecule has 0 radical (unpaired) electrons. The summed E-state index contributed by atoms with van der Waals surface area (Å²) >= 11 is 0. The number of nitrogens with zero attached hydrogens (tertiary/aromatic N) is 7. The average molecular weight is 830 g/mol. The Bertz CT molecular complexity index is 2610. The fourth-order valence-electron chi connectivity index (χ4n) is 6.82. The number of rotatable bonds is 12. The monoisotopic (exact) mass is 829 g/mol. The lowest BCUT2D eigenvalue weighted by atomic mass is 10.1. The molecule has 3 aromatic heterocycles. The fourth-order valence-corrected chi connectivity index (χ4v) is 6.82. The maximum Gasteiger partial charge on any atom is 0.416 e. The number of alkyl halides is 3. The highest BCUT2D eigenvalue weighted by atomic mass is 19.4. The highest BCUT2D eigenvalue weighted by Crippen LogP contribution is 2.30. The average Bonchev–Trinajstić information content (AvgIpc) is 3.21. The molecule has 0 spiro atoms. The number of benzene rings is 5. The lowest BCUT2D eigenvalue weighted by molar-refractivity contribution is -0.137. The number of hydrogen-bond donors (Lipinski definition) is 2. The highest BCUT2D eigenvalue weighted by molar-refractivity contribution is 5.54. The summed E-state index contributed by atoms with van der Waals surface area (Å²) in [5.74, 6) is 3.52. The minimum Gasteiger partial charge on any atom is -0.324 e. The van der Waals surface area contributed by atoms with E-state index in [-0.39, 0.29) is 0 Å². The number of anilines is 4. The Labute approximate surface area is 359 Å². The quantitative estimate of drug-likeness (QED) is 0.124. The standard InChI is InChI=1S/C26H23F3N4.C24H23N5/c1-17-5-3-7-19(13-17)15-23-31-24(16-20-8-4-6-18(2)14-20)33-25(32-23)30-22-11-9-21(10-12-22)26(27,28)29;1-17-6-3-8-19(12-17)14-22-27-23(15-20-9-4-7-18(2)13-20)29-24(28-22)26-21-10-5-11-25-16-21/h3-14H,15-16H2,1-2H3,(H,30,31,32,33);3-13,16H,14-15H2,1-2H3,(H,26,27,28,29). The molecule has 0 saturated heterocycles. The van der Waals surface area contributed by atoms with Gasteiger partial charge in [-0.2, -0.15) is 33.1 Å². The van der Waals surface area contributed by atoms with Crippen molar-refractivity contribution in [1.29, 1.82) is 0 Å². The number of aromatic nitrogens is 7. The summed E-state index contributed by atoms with van der Waals surface area (Å²) in [6.07, 6.45) is 1.47. The van der Waals surface area contributed by atoms with Crippen molar-refractivity contribution in [2.75, 3.05) is 10.6 Å². The Balaban J connectivity index is 0.000000188. The topological polar surface area (TPSA) is 114 Å². The molecular formula is C50H46F3N9. The van der Waals surface area contributed by atoms with E-state index in [1.54, 1.807) is 12.4 Å². The summed E-state index contributed by atoms with van der Waals surface area (Å²) in [5.41, 5.74) is 9.87. The van der Waals surface area contributed by atoms with E-state index in [4.69, 9.17) is 4.98 Å². The SMILES string of the molecule is Cc1cccc(Cc2nc(Cc3cccc(C)c3)nc(Nc3ccc(C(F)(F)F)cc3)n2)c1.Cc1cccc(Cc2nc(Cc3cccc(C)c3)nc(Nc3cccnc3)n2)c1. The number of nitrogens with one attached hydrogen (secondary N) is 2. The molecule has 312 valence electrons. The van der Waals surface area contributed by atoms with Crippen LogP contribution in [0, 0.1) is 27.7 Å². The molecular weight excluding hydrogens is 784 g/mol. The van der Waals surface area contributed by atoms with Crippen LogP contribution in [0.25, 0.3) is 0 Å². The first-order chi connectivity index (χ1) is 29.9. The van der Waals surface area contributed by atoms with Gasteiger partial charge in [0, 0.05) is 37.6 Å². The molecule has 8 rings (SSSR count). The van der Waals surface area contributed by atoms with Crippen molar-refractivity contribution in [1.82, 2.24) is 34.9 Å². The first kappa shape index (κ1) is 42.8. The minimum absolute atomic E-state index is 0.301. The molecule has 0 amide bonds. The molecule has 0 atom stereocenters. The molecule has 0 fully saturated rings. The number of halogens is 3. The molecule has 8 aromatic rings. The van der Waals surface area contributed by atoms with Crippen LogP contribution in [0.4, 0.5) is 36.4 Å². The Morgan fingerprint density at radius 3 is 1.11 bits per heavy atom. The van der Waals surface area contributed by atoms with Gasteiger partial charge in [0.1, 0.15) is 23.3 Å². The summed E-state index contributed by atoms with van der Waals surface area (Å²) in [6.45, 7) is 8.24. The smallest absolute Gasteiger partial charge is 0.324 e. The van der Waals surface area contributed by atoms with Crippen molar-refractivity contribution in [3.63, 3.8) is 0 Å². The molecule has 0 unspecified atom stereocenters. The second-order valence-corrected chi connectivity index (χ2v) is 15.2. The third-order valence-corrected chi connectivity index (χ3v) is 9.62. The zero-order valence-corrected chi connectivity index (χ0v) is 34.9. The second-order valence-electron chi connectivity index (χ2n) is 15.2.